The lowest BCUT2D eigenvalue weighted by Gasteiger charge is -2.51. The van der Waals surface area contributed by atoms with Crippen LogP contribution in [0.25, 0.3) is 0 Å². The maximum atomic E-state index is 11.4. The van der Waals surface area contributed by atoms with Crippen molar-refractivity contribution in [2.75, 3.05) is 20.3 Å². The predicted octanol–water partition coefficient (Wildman–Crippen LogP) is 0.234. The van der Waals surface area contributed by atoms with E-state index in [4.69, 9.17) is 18.9 Å². The van der Waals surface area contributed by atoms with Crippen molar-refractivity contribution in [3.05, 3.63) is 0 Å². The van der Waals surface area contributed by atoms with E-state index in [9.17, 15) is 9.90 Å². The van der Waals surface area contributed by atoms with Crippen molar-refractivity contribution in [3.8, 4) is 0 Å². The number of ether oxygens (including phenoxy) is 5. The summed E-state index contributed by atoms with van der Waals surface area (Å²) in [5, 5.41) is 9.88. The average Bonchev–Trinajstić information content (AvgIpc) is 2.74. The van der Waals surface area contributed by atoms with Crippen LogP contribution in [0.3, 0.4) is 0 Å². The Morgan fingerprint density at radius 2 is 2.00 bits per heavy atom. The molecule has 0 aromatic rings. The van der Waals surface area contributed by atoms with Crippen LogP contribution in [-0.2, 0) is 28.5 Å². The Morgan fingerprint density at radius 1 is 1.33 bits per heavy atom. The van der Waals surface area contributed by atoms with Gasteiger partial charge in [-0.2, -0.15) is 0 Å². The molecule has 21 heavy (non-hydrogen) atoms. The second kappa shape index (κ2) is 5.81. The van der Waals surface area contributed by atoms with Crippen molar-refractivity contribution < 1.29 is 33.6 Å². The van der Waals surface area contributed by atoms with Gasteiger partial charge in [-0.1, -0.05) is 0 Å². The normalized spacial score (nSPS) is 35.0. The number of methoxy groups -OCH3 is 1. The summed E-state index contributed by atoms with van der Waals surface area (Å²) in [4.78, 5) is 11.4. The van der Waals surface area contributed by atoms with Gasteiger partial charge in [0.25, 0.3) is 0 Å². The van der Waals surface area contributed by atoms with Gasteiger partial charge in [0.2, 0.25) is 0 Å². The van der Waals surface area contributed by atoms with Crippen LogP contribution in [0, 0.1) is 0 Å². The quantitative estimate of drug-likeness (QED) is 0.728. The summed E-state index contributed by atoms with van der Waals surface area (Å²) in [5.74, 6) is -1.34. The predicted molar refractivity (Wildman–Crippen MR) is 71.6 cm³/mol. The highest BCUT2D eigenvalue weighted by molar-refractivity contribution is 5.75. The monoisotopic (exact) mass is 304 g/mol. The highest BCUT2D eigenvalue weighted by Gasteiger charge is 2.55. The van der Waals surface area contributed by atoms with Crippen molar-refractivity contribution in [2.24, 2.45) is 0 Å². The first-order chi connectivity index (χ1) is 9.66. The lowest BCUT2D eigenvalue weighted by molar-refractivity contribution is -0.313. The molecule has 0 amide bonds. The second-order valence-corrected chi connectivity index (χ2v) is 6.36. The Balaban J connectivity index is 1.89. The summed E-state index contributed by atoms with van der Waals surface area (Å²) in [6.07, 6.45) is -2.68. The van der Waals surface area contributed by atoms with Gasteiger partial charge in [0.15, 0.2) is 11.9 Å². The molecular weight excluding hydrogens is 280 g/mol. The van der Waals surface area contributed by atoms with Gasteiger partial charge in [-0.3, -0.25) is 0 Å². The van der Waals surface area contributed by atoms with E-state index < -0.39 is 35.7 Å². The summed E-state index contributed by atoms with van der Waals surface area (Å²) in [5.41, 5.74) is -0.575. The molecule has 0 aliphatic carbocycles. The maximum absolute atomic E-state index is 11.4. The molecule has 0 bridgehead atoms. The van der Waals surface area contributed by atoms with E-state index in [-0.39, 0.29) is 6.10 Å². The summed E-state index contributed by atoms with van der Waals surface area (Å²) in [6.45, 7) is 8.12. The molecular formula is C14H24O7. The third-order valence-electron chi connectivity index (χ3n) is 3.71. The summed E-state index contributed by atoms with van der Waals surface area (Å²) in [7, 11) is 1.22. The molecule has 2 aliphatic rings. The van der Waals surface area contributed by atoms with Crippen LogP contribution in [0.1, 0.15) is 27.7 Å². The number of hydrogen-bond donors (Lipinski definition) is 1. The van der Waals surface area contributed by atoms with Crippen LogP contribution in [0.4, 0.5) is 0 Å². The fourth-order valence-corrected chi connectivity index (χ4v) is 2.64. The maximum Gasteiger partial charge on any atom is 0.337 e. The van der Waals surface area contributed by atoms with Gasteiger partial charge in [-0.15, -0.1) is 0 Å². The van der Waals surface area contributed by atoms with E-state index in [1.165, 1.54) is 7.11 Å². The molecule has 7 nitrogen and oxygen atoms in total. The fourth-order valence-electron chi connectivity index (χ4n) is 2.64. The summed E-state index contributed by atoms with van der Waals surface area (Å²) in [6, 6.07) is 0. The topological polar surface area (TPSA) is 83.5 Å². The van der Waals surface area contributed by atoms with Crippen LogP contribution >= 0.6 is 0 Å². The average molecular weight is 304 g/mol. The van der Waals surface area contributed by atoms with Crippen molar-refractivity contribution in [3.63, 3.8) is 0 Å². The van der Waals surface area contributed by atoms with Gasteiger partial charge in [0, 0.05) is 0 Å². The van der Waals surface area contributed by atoms with E-state index in [1.54, 1.807) is 0 Å². The van der Waals surface area contributed by atoms with Gasteiger partial charge < -0.3 is 28.8 Å². The first kappa shape index (κ1) is 16.6. The van der Waals surface area contributed by atoms with Crippen molar-refractivity contribution in [1.82, 2.24) is 0 Å². The van der Waals surface area contributed by atoms with Gasteiger partial charge in [0.05, 0.1) is 25.9 Å². The van der Waals surface area contributed by atoms with Gasteiger partial charge in [-0.25, -0.2) is 4.79 Å². The Labute approximate surface area is 124 Å². The van der Waals surface area contributed by atoms with E-state index >= 15 is 0 Å². The number of aliphatic hydroxyl groups is 1. The molecule has 4 atom stereocenters. The first-order valence-electron chi connectivity index (χ1n) is 7.03. The van der Waals surface area contributed by atoms with Crippen molar-refractivity contribution in [1.29, 1.82) is 0 Å². The zero-order chi connectivity index (χ0) is 15.8. The molecule has 122 valence electrons. The van der Waals surface area contributed by atoms with E-state index in [0.29, 0.717) is 13.2 Å². The Kier molecular flexibility index (Phi) is 4.60. The minimum atomic E-state index is -1.36. The van der Waals surface area contributed by atoms with Crippen LogP contribution in [0.15, 0.2) is 0 Å². The van der Waals surface area contributed by atoms with Gasteiger partial charge in [-0.05, 0) is 27.7 Å². The number of aliphatic hydroxyl groups excluding tert-OH is 1. The Morgan fingerprint density at radius 3 is 2.48 bits per heavy atom. The van der Waals surface area contributed by atoms with E-state index in [0.717, 1.165) is 0 Å². The molecule has 2 aliphatic heterocycles. The lowest BCUT2D eigenvalue weighted by atomic mass is 9.86. The molecule has 7 heteroatoms. The molecule has 0 aromatic heterocycles. The number of rotatable bonds is 5. The molecule has 2 rings (SSSR count). The second-order valence-electron chi connectivity index (χ2n) is 6.36. The minimum Gasteiger partial charge on any atom is -0.467 e. The van der Waals surface area contributed by atoms with Crippen LogP contribution in [0.2, 0.25) is 0 Å². The highest BCUT2D eigenvalue weighted by atomic mass is 16.7. The van der Waals surface area contributed by atoms with Gasteiger partial charge in [0.1, 0.15) is 18.3 Å². The smallest absolute Gasteiger partial charge is 0.337 e. The highest BCUT2D eigenvalue weighted by Crippen LogP contribution is 2.37. The Hall–Kier alpha value is -0.730. The van der Waals surface area contributed by atoms with Crippen LogP contribution in [0.5, 0.6) is 0 Å². The lowest BCUT2D eigenvalue weighted by Crippen LogP contribution is -2.67. The van der Waals surface area contributed by atoms with Crippen molar-refractivity contribution >= 4 is 5.97 Å². The number of hydrogen-bond acceptors (Lipinski definition) is 7. The van der Waals surface area contributed by atoms with Crippen LogP contribution < -0.4 is 0 Å². The third kappa shape index (κ3) is 3.54. The summed E-state index contributed by atoms with van der Waals surface area (Å²) >= 11 is 0. The molecule has 0 aromatic carbocycles. The van der Waals surface area contributed by atoms with Gasteiger partial charge >= 0.3 is 5.97 Å². The zero-order valence-electron chi connectivity index (χ0n) is 13.1. The molecule has 2 saturated heterocycles. The molecule has 1 N–H and O–H groups in total. The number of esters is 1. The van der Waals surface area contributed by atoms with E-state index in [1.807, 2.05) is 27.7 Å². The number of carbonyl (C=O) groups is 1. The third-order valence-corrected chi connectivity index (χ3v) is 3.71. The number of carbonyl (C=O) groups excluding carboxylic acids is 1. The standard InChI is InChI=1S/C14H24O7/c1-13(2)11(10(21-13)9(15)12(16)17-5)18-6-8-7-19-14(3,4)20-8/h8-11,15H,6-7H2,1-5H3/t8-,9?,10?,11-/m0/s1. The van der Waals surface area contributed by atoms with E-state index in [2.05, 4.69) is 4.74 Å². The van der Waals surface area contributed by atoms with Crippen LogP contribution in [-0.4, -0.2) is 67.2 Å². The molecule has 2 heterocycles. The molecule has 2 unspecified atom stereocenters. The fraction of sp³-hybridized carbons (Fsp3) is 0.929. The van der Waals surface area contributed by atoms with Crippen molar-refractivity contribution in [2.45, 2.75) is 63.5 Å². The zero-order valence-corrected chi connectivity index (χ0v) is 13.1. The molecule has 2 fully saturated rings. The summed E-state index contributed by atoms with van der Waals surface area (Å²) < 4.78 is 27.0. The largest absolute Gasteiger partial charge is 0.467 e. The SMILES string of the molecule is COC(=O)C(O)C1OC(C)(C)[C@H]1OC[C@H]1COC(C)(C)O1. The minimum absolute atomic E-state index is 0.174. The molecule has 0 spiro atoms. The Bertz CT molecular complexity index is 393. The molecule has 0 saturated carbocycles. The molecule has 0 radical (unpaired) electrons. The first-order valence-corrected chi connectivity index (χ1v) is 7.03.